The SMILES string of the molecule is O=C(c1cc(F)ccc1F)[C@H]1CCCN(C(=O)CN2C(=O)c3ccccc3C2=O)C1. The van der Waals surface area contributed by atoms with Crippen LogP contribution in [0, 0.1) is 17.6 Å². The second-order valence-corrected chi connectivity index (χ2v) is 7.41. The number of hydrogen-bond acceptors (Lipinski definition) is 4. The van der Waals surface area contributed by atoms with Crippen molar-refractivity contribution in [3.8, 4) is 0 Å². The van der Waals surface area contributed by atoms with Crippen molar-refractivity contribution in [2.24, 2.45) is 5.92 Å². The van der Waals surface area contributed by atoms with E-state index in [0.717, 1.165) is 23.1 Å². The minimum Gasteiger partial charge on any atom is -0.340 e. The zero-order valence-electron chi connectivity index (χ0n) is 15.9. The number of fused-ring (bicyclic) bond motifs is 1. The number of halogens is 2. The Morgan fingerprint density at radius 1 is 1.00 bits per heavy atom. The van der Waals surface area contributed by atoms with Crippen LogP contribution in [0.5, 0.6) is 0 Å². The summed E-state index contributed by atoms with van der Waals surface area (Å²) in [5.74, 6) is -4.30. The summed E-state index contributed by atoms with van der Waals surface area (Å²) in [4.78, 5) is 52.6. The fraction of sp³-hybridized carbons (Fsp3) is 0.273. The van der Waals surface area contributed by atoms with Gasteiger partial charge in [-0.15, -0.1) is 0 Å². The molecule has 0 N–H and O–H groups in total. The van der Waals surface area contributed by atoms with E-state index in [9.17, 15) is 28.0 Å². The predicted octanol–water partition coefficient (Wildman–Crippen LogP) is 2.68. The first-order valence-corrected chi connectivity index (χ1v) is 9.59. The predicted molar refractivity (Wildman–Crippen MR) is 102 cm³/mol. The number of nitrogens with zero attached hydrogens (tertiary/aromatic N) is 2. The number of ketones is 1. The van der Waals surface area contributed by atoms with Crippen molar-refractivity contribution in [3.63, 3.8) is 0 Å². The number of hydrogen-bond donors (Lipinski definition) is 0. The minimum absolute atomic E-state index is 0.0246. The molecule has 8 heteroatoms. The number of piperidine rings is 1. The first-order valence-electron chi connectivity index (χ1n) is 9.59. The maximum Gasteiger partial charge on any atom is 0.262 e. The Morgan fingerprint density at radius 3 is 2.33 bits per heavy atom. The molecule has 3 amide bonds. The van der Waals surface area contributed by atoms with Gasteiger partial charge in [-0.05, 0) is 43.2 Å². The van der Waals surface area contributed by atoms with Crippen LogP contribution in [-0.2, 0) is 4.79 Å². The Balaban J connectivity index is 1.46. The van der Waals surface area contributed by atoms with Gasteiger partial charge in [-0.25, -0.2) is 8.78 Å². The van der Waals surface area contributed by atoms with Gasteiger partial charge in [-0.3, -0.25) is 24.1 Å². The lowest BCUT2D eigenvalue weighted by Gasteiger charge is -2.33. The van der Waals surface area contributed by atoms with Crippen LogP contribution in [0.4, 0.5) is 8.78 Å². The summed E-state index contributed by atoms with van der Waals surface area (Å²) in [6.45, 7) is -0.0458. The molecule has 154 valence electrons. The van der Waals surface area contributed by atoms with Gasteiger partial charge in [0.25, 0.3) is 11.8 Å². The zero-order chi connectivity index (χ0) is 21.4. The summed E-state index contributed by atoms with van der Waals surface area (Å²) >= 11 is 0. The second kappa shape index (κ2) is 7.78. The molecule has 2 aliphatic heterocycles. The summed E-state index contributed by atoms with van der Waals surface area (Å²) in [6.07, 6.45) is 0.937. The first-order chi connectivity index (χ1) is 14.4. The van der Waals surface area contributed by atoms with Crippen molar-refractivity contribution in [2.45, 2.75) is 12.8 Å². The summed E-state index contributed by atoms with van der Waals surface area (Å²) in [6, 6.07) is 9.04. The molecule has 0 spiro atoms. The van der Waals surface area contributed by atoms with Crippen LogP contribution < -0.4 is 0 Å². The van der Waals surface area contributed by atoms with Crippen molar-refractivity contribution >= 4 is 23.5 Å². The largest absolute Gasteiger partial charge is 0.340 e. The molecule has 6 nitrogen and oxygen atoms in total. The highest BCUT2D eigenvalue weighted by molar-refractivity contribution is 6.22. The van der Waals surface area contributed by atoms with Gasteiger partial charge in [0.05, 0.1) is 16.7 Å². The Morgan fingerprint density at radius 2 is 1.67 bits per heavy atom. The standard InChI is InChI=1S/C22H18F2N2O4/c23-14-7-8-18(24)17(10-14)20(28)13-4-3-9-25(11-13)19(27)12-26-21(29)15-5-1-2-6-16(15)22(26)30/h1-2,5-8,10,13H,3-4,9,11-12H2/t13-/m0/s1. The number of carbonyl (C=O) groups is 4. The van der Waals surface area contributed by atoms with Crippen LogP contribution in [0.25, 0.3) is 0 Å². The molecule has 1 atom stereocenters. The molecule has 1 fully saturated rings. The number of imide groups is 1. The molecule has 1 saturated heterocycles. The van der Waals surface area contributed by atoms with Crippen molar-refractivity contribution < 1.29 is 28.0 Å². The number of rotatable bonds is 4. The summed E-state index contributed by atoms with van der Waals surface area (Å²) in [5.41, 5.74) is 0.168. The van der Waals surface area contributed by atoms with Gasteiger partial charge in [0.15, 0.2) is 5.78 Å². The molecular weight excluding hydrogens is 394 g/mol. The van der Waals surface area contributed by atoms with E-state index in [1.807, 2.05) is 0 Å². The monoisotopic (exact) mass is 412 g/mol. The first kappa shape index (κ1) is 19.9. The van der Waals surface area contributed by atoms with Crippen LogP contribution >= 0.6 is 0 Å². The average molecular weight is 412 g/mol. The van der Waals surface area contributed by atoms with Crippen LogP contribution in [0.3, 0.4) is 0 Å². The van der Waals surface area contributed by atoms with Crippen molar-refractivity contribution in [2.75, 3.05) is 19.6 Å². The molecule has 2 aromatic rings. The van der Waals surface area contributed by atoms with Crippen LogP contribution in [0.1, 0.15) is 43.9 Å². The normalized spacial score (nSPS) is 18.5. The van der Waals surface area contributed by atoms with Crippen LogP contribution in [0.15, 0.2) is 42.5 Å². The maximum atomic E-state index is 14.0. The number of benzene rings is 2. The molecule has 2 aliphatic rings. The Bertz CT molecular complexity index is 1030. The molecule has 0 bridgehead atoms. The van der Waals surface area contributed by atoms with Crippen molar-refractivity contribution in [3.05, 3.63) is 70.8 Å². The fourth-order valence-electron chi connectivity index (χ4n) is 3.94. The number of Topliss-reactive ketones (excluding diaryl/α,β-unsaturated/α-hetero) is 1. The summed E-state index contributed by atoms with van der Waals surface area (Å²) in [7, 11) is 0. The van der Waals surface area contributed by atoms with E-state index >= 15 is 0 Å². The molecule has 30 heavy (non-hydrogen) atoms. The Labute approximate surface area is 171 Å². The van der Waals surface area contributed by atoms with Gasteiger partial charge < -0.3 is 4.90 Å². The van der Waals surface area contributed by atoms with Crippen molar-refractivity contribution in [1.29, 1.82) is 0 Å². The molecule has 0 aromatic heterocycles. The lowest BCUT2D eigenvalue weighted by atomic mass is 9.89. The molecular formula is C22H18F2N2O4. The number of likely N-dealkylation sites (tertiary alicyclic amines) is 1. The minimum atomic E-state index is -0.809. The zero-order valence-corrected chi connectivity index (χ0v) is 15.9. The van der Waals surface area contributed by atoms with E-state index in [0.29, 0.717) is 19.4 Å². The van der Waals surface area contributed by atoms with Gasteiger partial charge in [0.2, 0.25) is 5.91 Å². The van der Waals surface area contributed by atoms with Gasteiger partial charge in [0, 0.05) is 19.0 Å². The molecule has 2 heterocycles. The Kier molecular flexibility index (Phi) is 5.15. The number of carbonyl (C=O) groups excluding carboxylic acids is 4. The highest BCUT2D eigenvalue weighted by Gasteiger charge is 2.38. The second-order valence-electron chi connectivity index (χ2n) is 7.41. The van der Waals surface area contributed by atoms with Gasteiger partial charge in [-0.1, -0.05) is 12.1 Å². The van der Waals surface area contributed by atoms with E-state index in [1.165, 1.54) is 17.0 Å². The smallest absolute Gasteiger partial charge is 0.262 e. The molecule has 0 radical (unpaired) electrons. The fourth-order valence-corrected chi connectivity index (χ4v) is 3.94. The maximum absolute atomic E-state index is 14.0. The van der Waals surface area contributed by atoms with Crippen LogP contribution in [-0.4, -0.2) is 52.9 Å². The third-order valence-electron chi connectivity index (χ3n) is 5.51. The average Bonchev–Trinajstić information content (AvgIpc) is 3.00. The topological polar surface area (TPSA) is 74.8 Å². The lowest BCUT2D eigenvalue weighted by Crippen LogP contribution is -2.47. The van der Waals surface area contributed by atoms with E-state index in [-0.39, 0.29) is 23.2 Å². The third-order valence-corrected chi connectivity index (χ3v) is 5.51. The highest BCUT2D eigenvalue weighted by atomic mass is 19.1. The van der Waals surface area contributed by atoms with E-state index < -0.39 is 47.6 Å². The van der Waals surface area contributed by atoms with Gasteiger partial charge in [0.1, 0.15) is 18.2 Å². The molecule has 0 saturated carbocycles. The molecule has 2 aromatic carbocycles. The van der Waals surface area contributed by atoms with Crippen LogP contribution in [0.2, 0.25) is 0 Å². The van der Waals surface area contributed by atoms with E-state index in [2.05, 4.69) is 0 Å². The molecule has 0 aliphatic carbocycles. The summed E-state index contributed by atoms with van der Waals surface area (Å²) in [5, 5.41) is 0. The molecule has 4 rings (SSSR count). The van der Waals surface area contributed by atoms with Crippen molar-refractivity contribution in [1.82, 2.24) is 9.80 Å². The lowest BCUT2D eigenvalue weighted by molar-refractivity contribution is -0.132. The number of amides is 3. The van der Waals surface area contributed by atoms with E-state index in [1.54, 1.807) is 12.1 Å². The highest BCUT2D eigenvalue weighted by Crippen LogP contribution is 2.25. The molecule has 0 unspecified atom stereocenters. The van der Waals surface area contributed by atoms with Gasteiger partial charge in [-0.2, -0.15) is 0 Å². The van der Waals surface area contributed by atoms with E-state index in [4.69, 9.17) is 0 Å². The third kappa shape index (κ3) is 3.49. The quantitative estimate of drug-likeness (QED) is 0.572. The summed E-state index contributed by atoms with van der Waals surface area (Å²) < 4.78 is 27.4. The van der Waals surface area contributed by atoms with Gasteiger partial charge >= 0.3 is 0 Å². The Hall–Kier alpha value is -3.42.